The Bertz CT molecular complexity index is 975. The molecular weight excluding hydrogens is 398 g/mol. The van der Waals surface area contributed by atoms with Gasteiger partial charge in [0.25, 0.3) is 0 Å². The zero-order chi connectivity index (χ0) is 18.1. The van der Waals surface area contributed by atoms with Crippen molar-refractivity contribution in [2.45, 2.75) is 32.4 Å². The summed E-state index contributed by atoms with van der Waals surface area (Å²) >= 11 is 3.40. The van der Waals surface area contributed by atoms with Crippen molar-refractivity contribution in [2.24, 2.45) is 0 Å². The number of halogens is 1. The Morgan fingerprint density at radius 2 is 1.96 bits per heavy atom. The number of hydrogen-bond donors (Lipinski definition) is 1. The lowest BCUT2D eigenvalue weighted by Crippen LogP contribution is -2.26. The van der Waals surface area contributed by atoms with Crippen molar-refractivity contribution in [2.75, 3.05) is 0 Å². The van der Waals surface area contributed by atoms with Gasteiger partial charge < -0.3 is 9.84 Å². The van der Waals surface area contributed by atoms with Crippen LogP contribution in [-0.2, 0) is 19.6 Å². The Morgan fingerprint density at radius 3 is 2.65 bits per heavy atom. The zero-order valence-electron chi connectivity index (χ0n) is 14.1. The molecule has 1 aliphatic rings. The number of aromatic nitrogens is 3. The molecule has 0 atom stereocenters. The highest BCUT2D eigenvalue weighted by molar-refractivity contribution is 9.10. The van der Waals surface area contributed by atoms with Gasteiger partial charge in [-0.3, -0.25) is 4.57 Å². The molecule has 7 heteroatoms. The van der Waals surface area contributed by atoms with Crippen molar-refractivity contribution < 1.29 is 9.84 Å². The van der Waals surface area contributed by atoms with E-state index in [4.69, 9.17) is 4.74 Å². The van der Waals surface area contributed by atoms with Gasteiger partial charge in [0.05, 0.1) is 11.9 Å². The fourth-order valence-electron chi connectivity index (χ4n) is 3.16. The van der Waals surface area contributed by atoms with Crippen LogP contribution in [0.25, 0.3) is 5.82 Å². The summed E-state index contributed by atoms with van der Waals surface area (Å²) in [6.45, 7) is 1.07. The summed E-state index contributed by atoms with van der Waals surface area (Å²) in [6, 6.07) is 11.3. The Morgan fingerprint density at radius 1 is 1.15 bits per heavy atom. The fourth-order valence-corrected chi connectivity index (χ4v) is 3.42. The quantitative estimate of drug-likeness (QED) is 0.708. The molecule has 6 nitrogen and oxygen atoms in total. The predicted octanol–water partition coefficient (Wildman–Crippen LogP) is 3.42. The van der Waals surface area contributed by atoms with Crippen LogP contribution in [0.15, 0.2) is 51.9 Å². The van der Waals surface area contributed by atoms with Crippen LogP contribution in [0.4, 0.5) is 0 Å². The van der Waals surface area contributed by atoms with Crippen LogP contribution >= 0.6 is 15.9 Å². The van der Waals surface area contributed by atoms with Crippen LogP contribution < -0.4 is 10.4 Å². The average molecular weight is 416 g/mol. The largest absolute Gasteiger partial charge is 0.493 e. The van der Waals surface area contributed by atoms with Crippen LogP contribution in [-0.4, -0.2) is 19.2 Å². The summed E-state index contributed by atoms with van der Waals surface area (Å²) in [5.41, 5.74) is 1.50. The second-order valence-electron chi connectivity index (χ2n) is 6.26. The minimum Gasteiger partial charge on any atom is -0.493 e. The first-order chi connectivity index (χ1) is 12.6. The number of nitrogens with zero attached hydrogens (tertiary/aromatic N) is 3. The van der Waals surface area contributed by atoms with E-state index in [9.17, 15) is 9.90 Å². The number of rotatable bonds is 4. The van der Waals surface area contributed by atoms with Gasteiger partial charge in [-0.15, -0.1) is 0 Å². The smallest absolute Gasteiger partial charge is 0.337 e. The lowest BCUT2D eigenvalue weighted by Gasteiger charge is -2.11. The molecule has 2 aromatic heterocycles. The van der Waals surface area contributed by atoms with Crippen molar-refractivity contribution in [1.29, 1.82) is 0 Å². The van der Waals surface area contributed by atoms with Gasteiger partial charge in [-0.25, -0.2) is 14.3 Å². The molecule has 134 valence electrons. The van der Waals surface area contributed by atoms with Gasteiger partial charge in [0.1, 0.15) is 18.2 Å². The minimum absolute atomic E-state index is 0.00858. The van der Waals surface area contributed by atoms with Gasteiger partial charge >= 0.3 is 5.69 Å². The molecule has 1 aliphatic heterocycles. The maximum Gasteiger partial charge on any atom is 0.337 e. The lowest BCUT2D eigenvalue weighted by molar-refractivity contribution is 0.305. The monoisotopic (exact) mass is 415 g/mol. The van der Waals surface area contributed by atoms with E-state index in [-0.39, 0.29) is 11.6 Å². The van der Waals surface area contributed by atoms with Crippen molar-refractivity contribution in [3.05, 3.63) is 68.8 Å². The fraction of sp³-hybridized carbons (Fsp3) is 0.263. The average Bonchev–Trinajstić information content (AvgIpc) is 2.93. The number of ether oxygens (including phenoxy) is 1. The zero-order valence-corrected chi connectivity index (χ0v) is 15.6. The molecule has 3 heterocycles. The molecule has 1 N–H and O–H groups in total. The van der Waals surface area contributed by atoms with Gasteiger partial charge in [-0.05, 0) is 49.1 Å². The first-order valence-corrected chi connectivity index (χ1v) is 9.30. The van der Waals surface area contributed by atoms with E-state index in [1.165, 1.54) is 4.57 Å². The van der Waals surface area contributed by atoms with Crippen LogP contribution in [0.2, 0.25) is 0 Å². The second kappa shape index (κ2) is 6.99. The minimum atomic E-state index is -0.242. The molecule has 0 unspecified atom stereocenters. The number of imidazole rings is 1. The second-order valence-corrected chi connectivity index (χ2v) is 7.18. The summed E-state index contributed by atoms with van der Waals surface area (Å²) in [5, 5.41) is 10.4. The number of fused-ring (bicyclic) bond motifs is 1. The third-order valence-corrected chi connectivity index (χ3v) is 5.06. The molecular formula is C19H18BrN3O3. The van der Waals surface area contributed by atoms with E-state index in [0.717, 1.165) is 22.9 Å². The SMILES string of the molecule is O=c1n2c(c(O)n1-c1ccc(OCc3ccc(Br)cc3)cn1)CCCC2. The van der Waals surface area contributed by atoms with Gasteiger partial charge in [0.15, 0.2) is 0 Å². The molecule has 0 saturated heterocycles. The third-order valence-electron chi connectivity index (χ3n) is 4.53. The van der Waals surface area contributed by atoms with Gasteiger partial charge in [0.2, 0.25) is 5.88 Å². The number of pyridine rings is 1. The molecule has 4 rings (SSSR count). The molecule has 3 aromatic rings. The van der Waals surface area contributed by atoms with Gasteiger partial charge in [-0.1, -0.05) is 28.1 Å². The van der Waals surface area contributed by atoms with E-state index >= 15 is 0 Å². The van der Waals surface area contributed by atoms with Crippen molar-refractivity contribution in [1.82, 2.24) is 14.1 Å². The normalized spacial score (nSPS) is 13.4. The van der Waals surface area contributed by atoms with E-state index in [2.05, 4.69) is 20.9 Å². The van der Waals surface area contributed by atoms with Gasteiger partial charge in [0, 0.05) is 11.0 Å². The highest BCUT2D eigenvalue weighted by Crippen LogP contribution is 2.25. The maximum atomic E-state index is 12.5. The van der Waals surface area contributed by atoms with Crippen LogP contribution in [0, 0.1) is 0 Å². The number of benzene rings is 1. The molecule has 0 spiro atoms. The summed E-state index contributed by atoms with van der Waals surface area (Å²) in [6.07, 6.45) is 4.21. The van der Waals surface area contributed by atoms with E-state index in [1.54, 1.807) is 22.9 Å². The highest BCUT2D eigenvalue weighted by Gasteiger charge is 2.23. The standard InChI is InChI=1S/C19H18BrN3O3/c20-14-6-4-13(5-7-14)12-26-15-8-9-17(21-11-15)23-18(24)16-3-1-2-10-22(16)19(23)25/h4-9,11,24H,1-3,10,12H2. The Kier molecular flexibility index (Phi) is 4.55. The summed E-state index contributed by atoms with van der Waals surface area (Å²) < 4.78 is 9.65. The first kappa shape index (κ1) is 16.9. The molecule has 0 saturated carbocycles. The van der Waals surface area contributed by atoms with Crippen molar-refractivity contribution in [3.63, 3.8) is 0 Å². The summed E-state index contributed by atoms with van der Waals surface area (Å²) in [7, 11) is 0. The van der Waals surface area contributed by atoms with E-state index < -0.39 is 0 Å². The molecule has 1 aromatic carbocycles. The van der Waals surface area contributed by atoms with Gasteiger partial charge in [-0.2, -0.15) is 0 Å². The molecule has 0 fully saturated rings. The summed E-state index contributed by atoms with van der Waals surface area (Å²) in [5.74, 6) is 0.990. The molecule has 0 bridgehead atoms. The Hall–Kier alpha value is -2.54. The highest BCUT2D eigenvalue weighted by atomic mass is 79.9. The maximum absolute atomic E-state index is 12.5. The molecule has 0 aliphatic carbocycles. The van der Waals surface area contributed by atoms with Crippen LogP contribution in [0.1, 0.15) is 24.1 Å². The number of hydrogen-bond acceptors (Lipinski definition) is 4. The number of aromatic hydroxyl groups is 1. The summed E-state index contributed by atoms with van der Waals surface area (Å²) in [4.78, 5) is 16.8. The molecule has 0 radical (unpaired) electrons. The predicted molar refractivity (Wildman–Crippen MR) is 101 cm³/mol. The first-order valence-electron chi connectivity index (χ1n) is 8.50. The topological polar surface area (TPSA) is 69.3 Å². The third kappa shape index (κ3) is 3.14. The van der Waals surface area contributed by atoms with E-state index in [0.29, 0.717) is 36.8 Å². The van der Waals surface area contributed by atoms with Crippen molar-refractivity contribution in [3.8, 4) is 17.4 Å². The van der Waals surface area contributed by atoms with E-state index in [1.807, 2.05) is 24.3 Å². The molecule has 26 heavy (non-hydrogen) atoms. The molecule has 0 amide bonds. The Labute approximate surface area is 158 Å². The van der Waals surface area contributed by atoms with Crippen LogP contribution in [0.3, 0.4) is 0 Å². The Balaban J connectivity index is 1.54. The van der Waals surface area contributed by atoms with Crippen molar-refractivity contribution >= 4 is 15.9 Å². The lowest BCUT2D eigenvalue weighted by atomic mass is 10.1. The van der Waals surface area contributed by atoms with Crippen LogP contribution in [0.5, 0.6) is 11.6 Å².